The Morgan fingerprint density at radius 2 is 1.94 bits per heavy atom. The van der Waals surface area contributed by atoms with Gasteiger partial charge in [-0.1, -0.05) is 29.8 Å². The predicted molar refractivity (Wildman–Crippen MR) is 60.9 cm³/mol. The molecule has 0 saturated carbocycles. The molecule has 6 heteroatoms. The second kappa shape index (κ2) is 4.41. The molecule has 0 amide bonds. The Morgan fingerprint density at radius 1 is 1.24 bits per heavy atom. The van der Waals surface area contributed by atoms with Crippen LogP contribution in [0.25, 0.3) is 5.57 Å². The average Bonchev–Trinajstić information content (AvgIpc) is 2.29. The van der Waals surface area contributed by atoms with Gasteiger partial charge in [-0.05, 0) is 23.3 Å². The standard InChI is InChI=1S/C11H8ClF3N2/c12-9-4-2-1-3-8(9)7-5-10(11(13,14)15)17-16-6-7/h1-5,16H,6H2. The second-order valence-corrected chi connectivity index (χ2v) is 3.89. The molecule has 1 aliphatic rings. The van der Waals surface area contributed by atoms with Crippen LogP contribution in [0.4, 0.5) is 13.2 Å². The van der Waals surface area contributed by atoms with Gasteiger partial charge in [-0.2, -0.15) is 18.3 Å². The normalized spacial score (nSPS) is 16.0. The van der Waals surface area contributed by atoms with Crippen molar-refractivity contribution in [3.05, 3.63) is 40.9 Å². The molecule has 90 valence electrons. The van der Waals surface area contributed by atoms with E-state index in [0.717, 1.165) is 6.08 Å². The Balaban J connectivity index is 2.39. The summed E-state index contributed by atoms with van der Waals surface area (Å²) < 4.78 is 37.4. The van der Waals surface area contributed by atoms with Crippen LogP contribution in [0.5, 0.6) is 0 Å². The van der Waals surface area contributed by atoms with E-state index >= 15 is 0 Å². The zero-order chi connectivity index (χ0) is 12.5. The first kappa shape index (κ1) is 12.0. The van der Waals surface area contributed by atoms with Crippen LogP contribution in [0, 0.1) is 0 Å². The number of halogens is 4. The summed E-state index contributed by atoms with van der Waals surface area (Å²) in [5.74, 6) is 0. The Morgan fingerprint density at radius 3 is 2.59 bits per heavy atom. The molecular weight excluding hydrogens is 253 g/mol. The lowest BCUT2D eigenvalue weighted by Crippen LogP contribution is -2.28. The highest BCUT2D eigenvalue weighted by Crippen LogP contribution is 2.27. The van der Waals surface area contributed by atoms with Gasteiger partial charge in [0.15, 0.2) is 5.71 Å². The molecule has 0 aliphatic carbocycles. The maximum absolute atomic E-state index is 12.5. The topological polar surface area (TPSA) is 24.4 Å². The predicted octanol–water partition coefficient (Wildman–Crippen LogP) is 3.24. The third kappa shape index (κ3) is 2.61. The second-order valence-electron chi connectivity index (χ2n) is 3.48. The third-order valence-electron chi connectivity index (χ3n) is 2.29. The van der Waals surface area contributed by atoms with Crippen molar-refractivity contribution in [3.8, 4) is 0 Å². The van der Waals surface area contributed by atoms with E-state index in [2.05, 4.69) is 10.5 Å². The molecule has 0 unspecified atom stereocenters. The summed E-state index contributed by atoms with van der Waals surface area (Å²) in [6, 6.07) is 6.76. The number of hydrogen-bond donors (Lipinski definition) is 1. The van der Waals surface area contributed by atoms with Crippen molar-refractivity contribution in [2.75, 3.05) is 6.54 Å². The lowest BCUT2D eigenvalue weighted by atomic mass is 10.0. The van der Waals surface area contributed by atoms with Gasteiger partial charge in [0.1, 0.15) is 0 Å². The largest absolute Gasteiger partial charge is 0.435 e. The Labute approximate surface area is 101 Å². The molecule has 0 spiro atoms. The molecule has 0 radical (unpaired) electrons. The molecule has 1 N–H and O–H groups in total. The van der Waals surface area contributed by atoms with Gasteiger partial charge in [0, 0.05) is 5.02 Å². The maximum Gasteiger partial charge on any atom is 0.435 e. The molecule has 1 aliphatic heterocycles. The number of benzene rings is 1. The maximum atomic E-state index is 12.5. The Bertz CT molecular complexity index is 492. The van der Waals surface area contributed by atoms with Crippen LogP contribution in [0.2, 0.25) is 5.02 Å². The van der Waals surface area contributed by atoms with E-state index in [9.17, 15) is 13.2 Å². The van der Waals surface area contributed by atoms with Crippen molar-refractivity contribution in [2.45, 2.75) is 6.18 Å². The summed E-state index contributed by atoms with van der Waals surface area (Å²) in [6.45, 7) is 0.226. The van der Waals surface area contributed by atoms with E-state index in [1.54, 1.807) is 24.3 Å². The molecule has 0 bridgehead atoms. The summed E-state index contributed by atoms with van der Waals surface area (Å²) in [4.78, 5) is 0. The van der Waals surface area contributed by atoms with Crippen LogP contribution in [0.1, 0.15) is 5.56 Å². The van der Waals surface area contributed by atoms with Crippen LogP contribution >= 0.6 is 11.6 Å². The van der Waals surface area contributed by atoms with Gasteiger partial charge >= 0.3 is 6.18 Å². The van der Waals surface area contributed by atoms with E-state index in [1.807, 2.05) is 0 Å². The lowest BCUT2D eigenvalue weighted by molar-refractivity contribution is -0.0581. The molecule has 17 heavy (non-hydrogen) atoms. The van der Waals surface area contributed by atoms with Gasteiger partial charge in [-0.25, -0.2) is 0 Å². The zero-order valence-corrected chi connectivity index (χ0v) is 9.31. The lowest BCUT2D eigenvalue weighted by Gasteiger charge is -2.17. The van der Waals surface area contributed by atoms with E-state index in [-0.39, 0.29) is 6.54 Å². The fourth-order valence-electron chi connectivity index (χ4n) is 1.50. The molecule has 2 rings (SSSR count). The van der Waals surface area contributed by atoms with E-state index in [1.165, 1.54) is 0 Å². The van der Waals surface area contributed by atoms with E-state index in [0.29, 0.717) is 16.2 Å². The van der Waals surface area contributed by atoms with Gasteiger partial charge in [-0.3, -0.25) is 0 Å². The Kier molecular flexibility index (Phi) is 3.11. The smallest absolute Gasteiger partial charge is 0.305 e. The Hall–Kier alpha value is -1.49. The van der Waals surface area contributed by atoms with Gasteiger partial charge in [-0.15, -0.1) is 0 Å². The average molecular weight is 261 g/mol. The van der Waals surface area contributed by atoms with Gasteiger partial charge in [0.05, 0.1) is 6.54 Å². The van der Waals surface area contributed by atoms with Crippen molar-refractivity contribution in [1.29, 1.82) is 0 Å². The van der Waals surface area contributed by atoms with E-state index in [4.69, 9.17) is 11.6 Å². The minimum Gasteiger partial charge on any atom is -0.305 e. The number of nitrogens with zero attached hydrogens (tertiary/aromatic N) is 1. The third-order valence-corrected chi connectivity index (χ3v) is 2.62. The highest BCUT2D eigenvalue weighted by Gasteiger charge is 2.36. The van der Waals surface area contributed by atoms with Crippen molar-refractivity contribution >= 4 is 22.9 Å². The minimum atomic E-state index is -4.46. The fraction of sp³-hybridized carbons (Fsp3) is 0.182. The number of alkyl halides is 3. The first-order valence-corrected chi connectivity index (χ1v) is 5.19. The minimum absolute atomic E-state index is 0.226. The van der Waals surface area contributed by atoms with Crippen LogP contribution in [-0.2, 0) is 0 Å². The highest BCUT2D eigenvalue weighted by atomic mass is 35.5. The number of rotatable bonds is 1. The first-order valence-electron chi connectivity index (χ1n) is 4.81. The SMILES string of the molecule is FC(F)(F)C1=NNCC(c2ccccc2Cl)=C1. The summed E-state index contributed by atoms with van der Waals surface area (Å²) in [5, 5.41) is 3.65. The van der Waals surface area contributed by atoms with Gasteiger partial charge in [0.25, 0.3) is 0 Å². The van der Waals surface area contributed by atoms with Crippen LogP contribution < -0.4 is 5.43 Å². The molecule has 0 atom stereocenters. The first-order chi connectivity index (χ1) is 7.98. The summed E-state index contributed by atoms with van der Waals surface area (Å²) >= 11 is 5.93. The van der Waals surface area contributed by atoms with Crippen LogP contribution in [-0.4, -0.2) is 18.4 Å². The quantitative estimate of drug-likeness (QED) is 0.824. The molecule has 1 aromatic carbocycles. The molecule has 0 fully saturated rings. The molecule has 2 nitrogen and oxygen atoms in total. The monoisotopic (exact) mass is 260 g/mol. The van der Waals surface area contributed by atoms with Crippen molar-refractivity contribution in [3.63, 3.8) is 0 Å². The summed E-state index contributed by atoms with van der Waals surface area (Å²) in [6.07, 6.45) is -3.45. The summed E-state index contributed by atoms with van der Waals surface area (Å²) in [5.41, 5.74) is 2.46. The van der Waals surface area contributed by atoms with Gasteiger partial charge in [0.2, 0.25) is 0 Å². The molecule has 0 saturated heterocycles. The van der Waals surface area contributed by atoms with Crippen molar-refractivity contribution in [1.82, 2.24) is 5.43 Å². The molecular formula is C11H8ClF3N2. The number of allylic oxidation sites excluding steroid dienone is 1. The van der Waals surface area contributed by atoms with E-state index < -0.39 is 11.9 Å². The van der Waals surface area contributed by atoms with Crippen molar-refractivity contribution < 1.29 is 13.2 Å². The number of hydrogen-bond acceptors (Lipinski definition) is 2. The molecule has 0 aromatic heterocycles. The number of hydrazone groups is 1. The zero-order valence-electron chi connectivity index (χ0n) is 8.55. The summed E-state index contributed by atoms with van der Waals surface area (Å²) in [7, 11) is 0. The van der Waals surface area contributed by atoms with Crippen molar-refractivity contribution in [2.24, 2.45) is 5.10 Å². The van der Waals surface area contributed by atoms with Crippen LogP contribution in [0.3, 0.4) is 0 Å². The van der Waals surface area contributed by atoms with Gasteiger partial charge < -0.3 is 5.43 Å². The molecule has 1 aromatic rings. The highest BCUT2D eigenvalue weighted by molar-refractivity contribution is 6.32. The number of nitrogens with one attached hydrogen (secondary N) is 1. The van der Waals surface area contributed by atoms with Crippen LogP contribution in [0.15, 0.2) is 35.4 Å². The fourth-order valence-corrected chi connectivity index (χ4v) is 1.76. The molecule has 1 heterocycles.